The fraction of sp³-hybridized carbons (Fsp3) is 0.944. The molecule has 0 saturated heterocycles. The van der Waals surface area contributed by atoms with Gasteiger partial charge in [0.15, 0.2) is 0 Å². The van der Waals surface area contributed by atoms with Crippen LogP contribution in [0.2, 0.25) is 0 Å². The SMILES string of the molecule is CC(C)CCOCCC(CO)(CNC(=O)OC(C)(C)C)C(C)C. The van der Waals surface area contributed by atoms with Crippen LogP contribution in [0.5, 0.6) is 0 Å². The van der Waals surface area contributed by atoms with Crippen molar-refractivity contribution in [2.75, 3.05) is 26.4 Å². The number of nitrogens with one attached hydrogen (secondary N) is 1. The quantitative estimate of drug-likeness (QED) is 0.600. The van der Waals surface area contributed by atoms with E-state index in [0.29, 0.717) is 25.5 Å². The molecule has 0 radical (unpaired) electrons. The largest absolute Gasteiger partial charge is 0.444 e. The number of rotatable bonds is 10. The Kier molecular flexibility index (Phi) is 9.78. The van der Waals surface area contributed by atoms with Crippen LogP contribution in [0.15, 0.2) is 0 Å². The first-order valence-corrected chi connectivity index (χ1v) is 8.68. The van der Waals surface area contributed by atoms with Crippen molar-refractivity contribution in [1.29, 1.82) is 0 Å². The van der Waals surface area contributed by atoms with Crippen molar-refractivity contribution >= 4 is 6.09 Å². The van der Waals surface area contributed by atoms with Gasteiger partial charge in [-0.15, -0.1) is 0 Å². The lowest BCUT2D eigenvalue weighted by molar-refractivity contribution is 0.0162. The number of alkyl carbamates (subject to hydrolysis) is 1. The zero-order valence-electron chi connectivity index (χ0n) is 16.1. The Morgan fingerprint density at radius 3 is 2.17 bits per heavy atom. The molecule has 0 rings (SSSR count). The summed E-state index contributed by atoms with van der Waals surface area (Å²) >= 11 is 0. The highest BCUT2D eigenvalue weighted by Crippen LogP contribution is 2.30. The number of aliphatic hydroxyl groups excluding tert-OH is 1. The average molecular weight is 331 g/mol. The monoisotopic (exact) mass is 331 g/mol. The molecule has 0 spiro atoms. The molecule has 0 aliphatic carbocycles. The Labute approximate surface area is 142 Å². The van der Waals surface area contributed by atoms with Gasteiger partial charge in [0, 0.05) is 25.2 Å². The molecule has 0 aromatic rings. The van der Waals surface area contributed by atoms with Crippen molar-refractivity contribution in [3.05, 3.63) is 0 Å². The van der Waals surface area contributed by atoms with E-state index in [-0.39, 0.29) is 12.5 Å². The van der Waals surface area contributed by atoms with Gasteiger partial charge in [0.1, 0.15) is 5.60 Å². The van der Waals surface area contributed by atoms with Gasteiger partial charge in [-0.1, -0.05) is 27.7 Å². The molecule has 0 aromatic heterocycles. The van der Waals surface area contributed by atoms with E-state index < -0.39 is 17.1 Å². The molecule has 5 heteroatoms. The van der Waals surface area contributed by atoms with Gasteiger partial charge in [0.25, 0.3) is 0 Å². The summed E-state index contributed by atoms with van der Waals surface area (Å²) in [6.45, 7) is 15.6. The molecule has 23 heavy (non-hydrogen) atoms. The predicted octanol–water partition coefficient (Wildman–Crippen LogP) is 3.60. The Balaban J connectivity index is 4.46. The highest BCUT2D eigenvalue weighted by Gasteiger charge is 2.34. The van der Waals surface area contributed by atoms with E-state index in [1.807, 2.05) is 20.8 Å². The number of hydrogen-bond donors (Lipinski definition) is 2. The van der Waals surface area contributed by atoms with Gasteiger partial charge in [-0.2, -0.15) is 0 Å². The van der Waals surface area contributed by atoms with Gasteiger partial charge >= 0.3 is 6.09 Å². The van der Waals surface area contributed by atoms with Gasteiger partial charge < -0.3 is 19.9 Å². The number of hydrogen-bond acceptors (Lipinski definition) is 4. The van der Waals surface area contributed by atoms with Crippen LogP contribution in [0.4, 0.5) is 4.79 Å². The van der Waals surface area contributed by atoms with Crippen LogP contribution in [0.25, 0.3) is 0 Å². The summed E-state index contributed by atoms with van der Waals surface area (Å²) in [6, 6.07) is 0. The first kappa shape index (κ1) is 22.2. The van der Waals surface area contributed by atoms with E-state index >= 15 is 0 Å². The lowest BCUT2D eigenvalue weighted by Crippen LogP contribution is -2.45. The van der Waals surface area contributed by atoms with Crippen LogP contribution in [-0.4, -0.2) is 43.2 Å². The lowest BCUT2D eigenvalue weighted by atomic mass is 9.75. The normalized spacial score (nSPS) is 14.9. The number of ether oxygens (including phenoxy) is 2. The number of carbonyl (C=O) groups is 1. The lowest BCUT2D eigenvalue weighted by Gasteiger charge is -2.36. The summed E-state index contributed by atoms with van der Waals surface area (Å²) in [5.41, 5.74) is -0.918. The van der Waals surface area contributed by atoms with Crippen molar-refractivity contribution in [3.63, 3.8) is 0 Å². The van der Waals surface area contributed by atoms with Crippen LogP contribution < -0.4 is 5.32 Å². The Bertz CT molecular complexity index is 336. The van der Waals surface area contributed by atoms with Crippen molar-refractivity contribution in [1.82, 2.24) is 5.32 Å². The summed E-state index contributed by atoms with van der Waals surface area (Å²) in [6.07, 6.45) is 1.29. The summed E-state index contributed by atoms with van der Waals surface area (Å²) in [5, 5.41) is 12.7. The molecular weight excluding hydrogens is 294 g/mol. The van der Waals surface area contributed by atoms with Gasteiger partial charge in [-0.3, -0.25) is 0 Å². The number of carbonyl (C=O) groups excluding carboxylic acids is 1. The standard InChI is InChI=1S/C18H37NO4/c1-14(2)8-10-22-11-9-18(13-20,15(3)4)12-19-16(21)23-17(5,6)7/h14-15,20H,8-13H2,1-7H3,(H,19,21). The highest BCUT2D eigenvalue weighted by atomic mass is 16.6. The average Bonchev–Trinajstić information content (AvgIpc) is 2.39. The minimum absolute atomic E-state index is 0.00794. The van der Waals surface area contributed by atoms with E-state index in [0.717, 1.165) is 13.0 Å². The smallest absolute Gasteiger partial charge is 0.407 e. The second-order valence-electron chi connectivity index (χ2n) is 8.08. The molecule has 1 amide bonds. The van der Waals surface area contributed by atoms with Gasteiger partial charge in [0.05, 0.1) is 6.61 Å². The fourth-order valence-electron chi connectivity index (χ4n) is 2.16. The van der Waals surface area contributed by atoms with Crippen LogP contribution in [0, 0.1) is 17.3 Å². The Hall–Kier alpha value is -0.810. The zero-order valence-corrected chi connectivity index (χ0v) is 16.1. The maximum Gasteiger partial charge on any atom is 0.407 e. The van der Waals surface area contributed by atoms with Crippen molar-refractivity contribution in [3.8, 4) is 0 Å². The minimum Gasteiger partial charge on any atom is -0.444 e. The van der Waals surface area contributed by atoms with Crippen LogP contribution >= 0.6 is 0 Å². The Morgan fingerprint density at radius 2 is 1.74 bits per heavy atom. The van der Waals surface area contributed by atoms with Gasteiger partial charge in [-0.25, -0.2) is 4.79 Å². The fourth-order valence-corrected chi connectivity index (χ4v) is 2.16. The Morgan fingerprint density at radius 1 is 1.13 bits per heavy atom. The molecule has 0 fully saturated rings. The molecule has 0 aliphatic rings. The summed E-state index contributed by atoms with van der Waals surface area (Å²) in [5.74, 6) is 0.840. The van der Waals surface area contributed by atoms with Gasteiger partial charge in [-0.05, 0) is 45.4 Å². The first-order valence-electron chi connectivity index (χ1n) is 8.68. The third kappa shape index (κ3) is 9.82. The van der Waals surface area contributed by atoms with Crippen molar-refractivity contribution in [2.24, 2.45) is 17.3 Å². The van der Waals surface area contributed by atoms with E-state index in [1.165, 1.54) is 0 Å². The second-order valence-corrected chi connectivity index (χ2v) is 8.08. The number of amides is 1. The topological polar surface area (TPSA) is 67.8 Å². The number of aliphatic hydroxyl groups is 1. The van der Waals surface area contributed by atoms with Crippen LogP contribution in [-0.2, 0) is 9.47 Å². The second kappa shape index (κ2) is 10.1. The van der Waals surface area contributed by atoms with Gasteiger partial charge in [0.2, 0.25) is 0 Å². The third-order valence-electron chi connectivity index (χ3n) is 4.11. The molecule has 138 valence electrons. The van der Waals surface area contributed by atoms with Crippen molar-refractivity contribution in [2.45, 2.75) is 66.9 Å². The molecule has 0 heterocycles. The van der Waals surface area contributed by atoms with E-state index in [4.69, 9.17) is 9.47 Å². The minimum atomic E-state index is -0.524. The molecule has 5 nitrogen and oxygen atoms in total. The maximum absolute atomic E-state index is 11.8. The third-order valence-corrected chi connectivity index (χ3v) is 4.11. The molecule has 0 aliphatic heterocycles. The van der Waals surface area contributed by atoms with Crippen LogP contribution in [0.1, 0.15) is 61.3 Å². The zero-order chi connectivity index (χ0) is 18.1. The van der Waals surface area contributed by atoms with E-state index in [2.05, 4.69) is 33.0 Å². The molecular formula is C18H37NO4. The molecule has 0 aromatic carbocycles. The van der Waals surface area contributed by atoms with E-state index in [9.17, 15) is 9.90 Å². The maximum atomic E-state index is 11.8. The predicted molar refractivity (Wildman–Crippen MR) is 93.5 cm³/mol. The van der Waals surface area contributed by atoms with E-state index in [1.54, 1.807) is 0 Å². The molecule has 2 N–H and O–H groups in total. The van der Waals surface area contributed by atoms with Crippen LogP contribution in [0.3, 0.4) is 0 Å². The molecule has 0 bridgehead atoms. The summed E-state index contributed by atoms with van der Waals surface area (Å²) in [4.78, 5) is 11.8. The molecule has 0 saturated carbocycles. The first-order chi connectivity index (χ1) is 10.5. The molecule has 1 unspecified atom stereocenters. The summed E-state index contributed by atoms with van der Waals surface area (Å²) in [7, 11) is 0. The van der Waals surface area contributed by atoms with Crippen molar-refractivity contribution < 1.29 is 19.4 Å². The summed E-state index contributed by atoms with van der Waals surface area (Å²) < 4.78 is 10.9. The highest BCUT2D eigenvalue weighted by molar-refractivity contribution is 5.67. The molecule has 1 atom stereocenters.